The third-order valence-electron chi connectivity index (χ3n) is 3.18. The molecule has 4 nitrogen and oxygen atoms in total. The van der Waals surface area contributed by atoms with E-state index >= 15 is 0 Å². The first-order valence-electron chi connectivity index (χ1n) is 5.58. The van der Waals surface area contributed by atoms with Crippen molar-refractivity contribution in [3.8, 4) is 0 Å². The van der Waals surface area contributed by atoms with Gasteiger partial charge < -0.3 is 9.84 Å². The fourth-order valence-electron chi connectivity index (χ4n) is 2.16. The second-order valence-corrected chi connectivity index (χ2v) is 4.16. The summed E-state index contributed by atoms with van der Waals surface area (Å²) in [4.78, 5) is 23.0. The van der Waals surface area contributed by atoms with Gasteiger partial charge in [0.1, 0.15) is 0 Å². The molecule has 0 spiro atoms. The largest absolute Gasteiger partial charge is 0.480 e. The van der Waals surface area contributed by atoms with Gasteiger partial charge in [0.15, 0.2) is 5.41 Å². The van der Waals surface area contributed by atoms with Crippen LogP contribution in [0.15, 0.2) is 30.3 Å². The molecule has 0 aromatic heterocycles. The van der Waals surface area contributed by atoms with Crippen LogP contribution in [0.1, 0.15) is 24.8 Å². The van der Waals surface area contributed by atoms with Gasteiger partial charge in [0.2, 0.25) is 0 Å². The van der Waals surface area contributed by atoms with Crippen molar-refractivity contribution in [2.24, 2.45) is 5.41 Å². The molecule has 17 heavy (non-hydrogen) atoms. The summed E-state index contributed by atoms with van der Waals surface area (Å²) < 4.78 is 4.86. The van der Waals surface area contributed by atoms with Crippen LogP contribution in [0, 0.1) is 5.41 Å². The van der Waals surface area contributed by atoms with E-state index in [0.717, 1.165) is 5.56 Å². The van der Waals surface area contributed by atoms with Crippen molar-refractivity contribution in [3.63, 3.8) is 0 Å². The minimum absolute atomic E-state index is 0.204. The number of benzene rings is 1. The quantitative estimate of drug-likeness (QED) is 0.637. The molecule has 4 heteroatoms. The molecule has 1 aliphatic carbocycles. The Morgan fingerprint density at radius 2 is 2.06 bits per heavy atom. The van der Waals surface area contributed by atoms with Crippen LogP contribution >= 0.6 is 0 Å². The molecule has 2 rings (SSSR count). The SMILES string of the molecule is CCOC(=O)[C@@]1(C(=O)O)C[C@@H]1c1ccccc1. The minimum atomic E-state index is -1.36. The van der Waals surface area contributed by atoms with E-state index in [0.29, 0.717) is 6.42 Å². The maximum Gasteiger partial charge on any atom is 0.324 e. The van der Waals surface area contributed by atoms with Gasteiger partial charge >= 0.3 is 11.9 Å². The van der Waals surface area contributed by atoms with Gasteiger partial charge in [0.05, 0.1) is 6.61 Å². The number of rotatable bonds is 4. The fourth-order valence-corrected chi connectivity index (χ4v) is 2.16. The number of aliphatic carboxylic acids is 1. The van der Waals surface area contributed by atoms with Crippen molar-refractivity contribution in [1.29, 1.82) is 0 Å². The summed E-state index contributed by atoms with van der Waals surface area (Å²) in [6.07, 6.45) is 0.325. The molecule has 0 heterocycles. The molecular weight excluding hydrogens is 220 g/mol. The van der Waals surface area contributed by atoms with E-state index in [1.54, 1.807) is 6.92 Å². The average molecular weight is 234 g/mol. The van der Waals surface area contributed by atoms with Gasteiger partial charge in [-0.25, -0.2) is 0 Å². The third kappa shape index (κ3) is 1.79. The molecule has 1 aromatic rings. The summed E-state index contributed by atoms with van der Waals surface area (Å²) in [5.41, 5.74) is -0.486. The molecule has 1 aliphatic rings. The van der Waals surface area contributed by atoms with E-state index in [2.05, 4.69) is 0 Å². The second-order valence-electron chi connectivity index (χ2n) is 4.16. The first kappa shape index (κ1) is 11.6. The van der Waals surface area contributed by atoms with Gasteiger partial charge in [-0.1, -0.05) is 30.3 Å². The maximum absolute atomic E-state index is 11.7. The van der Waals surface area contributed by atoms with E-state index in [4.69, 9.17) is 4.74 Å². The smallest absolute Gasteiger partial charge is 0.324 e. The molecule has 1 fully saturated rings. The van der Waals surface area contributed by atoms with Crippen molar-refractivity contribution < 1.29 is 19.4 Å². The van der Waals surface area contributed by atoms with Crippen molar-refractivity contribution in [2.75, 3.05) is 6.61 Å². The van der Waals surface area contributed by atoms with Crippen LogP contribution in [0.3, 0.4) is 0 Å². The molecule has 2 atom stereocenters. The Balaban J connectivity index is 2.25. The van der Waals surface area contributed by atoms with Gasteiger partial charge in [0.25, 0.3) is 0 Å². The Hall–Kier alpha value is -1.84. The van der Waals surface area contributed by atoms with Crippen LogP contribution in [0.25, 0.3) is 0 Å². The van der Waals surface area contributed by atoms with Crippen molar-refractivity contribution in [1.82, 2.24) is 0 Å². The van der Waals surface area contributed by atoms with Crippen LogP contribution in [-0.4, -0.2) is 23.7 Å². The molecule has 1 N–H and O–H groups in total. The molecule has 1 aromatic carbocycles. The number of carbonyl (C=O) groups excluding carboxylic acids is 1. The fraction of sp³-hybridized carbons (Fsp3) is 0.385. The van der Waals surface area contributed by atoms with E-state index in [-0.39, 0.29) is 12.5 Å². The van der Waals surface area contributed by atoms with E-state index < -0.39 is 17.4 Å². The zero-order valence-corrected chi connectivity index (χ0v) is 9.55. The molecule has 0 unspecified atom stereocenters. The Labute approximate surface area is 99.2 Å². The predicted molar refractivity (Wildman–Crippen MR) is 60.5 cm³/mol. The Morgan fingerprint density at radius 1 is 1.41 bits per heavy atom. The number of carboxylic acids is 1. The highest BCUT2D eigenvalue weighted by molar-refractivity contribution is 6.04. The zero-order valence-electron chi connectivity index (χ0n) is 9.55. The summed E-state index contributed by atoms with van der Waals surface area (Å²) in [5, 5.41) is 9.23. The topological polar surface area (TPSA) is 63.6 Å². The monoisotopic (exact) mass is 234 g/mol. The van der Waals surface area contributed by atoms with Gasteiger partial charge in [-0.2, -0.15) is 0 Å². The Bertz CT molecular complexity index is 440. The van der Waals surface area contributed by atoms with Crippen LogP contribution < -0.4 is 0 Å². The lowest BCUT2D eigenvalue weighted by atomic mass is 9.99. The highest BCUT2D eigenvalue weighted by Crippen LogP contribution is 2.60. The predicted octanol–water partition coefficient (Wildman–Crippen LogP) is 1.81. The van der Waals surface area contributed by atoms with Crippen LogP contribution in [-0.2, 0) is 14.3 Å². The zero-order chi connectivity index (χ0) is 12.5. The van der Waals surface area contributed by atoms with Gasteiger partial charge in [-0.15, -0.1) is 0 Å². The Morgan fingerprint density at radius 3 is 2.59 bits per heavy atom. The van der Waals surface area contributed by atoms with E-state index in [1.165, 1.54) is 0 Å². The number of ether oxygens (including phenoxy) is 1. The van der Waals surface area contributed by atoms with Crippen LogP contribution in [0.5, 0.6) is 0 Å². The van der Waals surface area contributed by atoms with E-state index in [1.807, 2.05) is 30.3 Å². The molecule has 0 amide bonds. The molecule has 90 valence electrons. The second kappa shape index (κ2) is 4.20. The highest BCUT2D eigenvalue weighted by Gasteiger charge is 2.67. The summed E-state index contributed by atoms with van der Waals surface area (Å²) >= 11 is 0. The summed E-state index contributed by atoms with van der Waals surface area (Å²) in [6, 6.07) is 9.22. The van der Waals surface area contributed by atoms with Crippen molar-refractivity contribution >= 4 is 11.9 Å². The molecule has 0 bridgehead atoms. The van der Waals surface area contributed by atoms with E-state index in [9.17, 15) is 14.7 Å². The van der Waals surface area contributed by atoms with Crippen molar-refractivity contribution in [3.05, 3.63) is 35.9 Å². The maximum atomic E-state index is 11.7. The van der Waals surface area contributed by atoms with Gasteiger partial charge in [0, 0.05) is 5.92 Å². The molecule has 0 radical (unpaired) electrons. The molecular formula is C13H14O4. The Kier molecular flexibility index (Phi) is 2.88. The number of hydrogen-bond donors (Lipinski definition) is 1. The average Bonchev–Trinajstić information content (AvgIpc) is 3.07. The number of hydrogen-bond acceptors (Lipinski definition) is 3. The summed E-state index contributed by atoms with van der Waals surface area (Å²) in [5.74, 6) is -1.98. The molecule has 0 saturated heterocycles. The molecule has 0 aliphatic heterocycles. The number of carboxylic acid groups (broad SMARTS) is 1. The lowest BCUT2D eigenvalue weighted by Crippen LogP contribution is -2.29. The first-order chi connectivity index (χ1) is 8.13. The summed E-state index contributed by atoms with van der Waals surface area (Å²) in [7, 11) is 0. The highest BCUT2D eigenvalue weighted by atomic mass is 16.5. The lowest BCUT2D eigenvalue weighted by molar-refractivity contribution is -0.161. The number of esters is 1. The third-order valence-corrected chi connectivity index (χ3v) is 3.18. The minimum Gasteiger partial charge on any atom is -0.480 e. The van der Waals surface area contributed by atoms with Crippen LogP contribution in [0.2, 0.25) is 0 Å². The van der Waals surface area contributed by atoms with Crippen molar-refractivity contribution in [2.45, 2.75) is 19.3 Å². The summed E-state index contributed by atoms with van der Waals surface area (Å²) in [6.45, 7) is 1.88. The number of carbonyl (C=O) groups is 2. The van der Waals surface area contributed by atoms with Gasteiger partial charge in [-0.3, -0.25) is 9.59 Å². The normalized spacial score (nSPS) is 26.3. The first-order valence-corrected chi connectivity index (χ1v) is 5.58. The van der Waals surface area contributed by atoms with Gasteiger partial charge in [-0.05, 0) is 18.9 Å². The van der Waals surface area contributed by atoms with Crippen LogP contribution in [0.4, 0.5) is 0 Å². The lowest BCUT2D eigenvalue weighted by Gasteiger charge is -2.11. The standard InChI is InChI=1S/C13H14O4/c1-2-17-12(16)13(11(14)15)8-10(13)9-6-4-3-5-7-9/h3-7,10H,2,8H2,1H3,(H,14,15)/t10-,13+/m1/s1. The molecule has 1 saturated carbocycles.